The quantitative estimate of drug-likeness (QED) is 0.724. The van der Waals surface area contributed by atoms with Crippen LogP contribution in [0.4, 0.5) is 0 Å². The van der Waals surface area contributed by atoms with Gasteiger partial charge in [-0.1, -0.05) is 36.9 Å². The first-order valence-electron chi connectivity index (χ1n) is 4.85. The molecule has 68 valence electrons. The molecule has 0 spiro atoms. The molecule has 13 heavy (non-hydrogen) atoms. The summed E-state index contributed by atoms with van der Waals surface area (Å²) in [6.45, 7) is 5.28. The van der Waals surface area contributed by atoms with Gasteiger partial charge in [-0.25, -0.2) is 0 Å². The molecule has 1 nitrogen and oxygen atoms in total. The highest BCUT2D eigenvalue weighted by Crippen LogP contribution is 2.21. The highest BCUT2D eigenvalue weighted by atomic mass is 14.9. The second-order valence-corrected chi connectivity index (χ2v) is 3.54. The van der Waals surface area contributed by atoms with Crippen molar-refractivity contribution in [2.45, 2.75) is 18.9 Å². The average molecular weight is 173 g/mol. The van der Waals surface area contributed by atoms with Crippen molar-refractivity contribution >= 4 is 5.57 Å². The molecule has 0 amide bonds. The summed E-state index contributed by atoms with van der Waals surface area (Å²) in [7, 11) is 0. The van der Waals surface area contributed by atoms with Crippen LogP contribution in [0.2, 0.25) is 0 Å². The van der Waals surface area contributed by atoms with Gasteiger partial charge in [0.05, 0.1) is 0 Å². The Balaban J connectivity index is 2.13. The van der Waals surface area contributed by atoms with E-state index in [0.29, 0.717) is 6.04 Å². The van der Waals surface area contributed by atoms with E-state index in [-0.39, 0.29) is 0 Å². The monoisotopic (exact) mass is 173 g/mol. The maximum absolute atomic E-state index is 4.14. The van der Waals surface area contributed by atoms with Crippen molar-refractivity contribution in [2.24, 2.45) is 0 Å². The summed E-state index contributed by atoms with van der Waals surface area (Å²) in [5, 5.41) is 3.46. The Hall–Kier alpha value is -1.08. The summed E-state index contributed by atoms with van der Waals surface area (Å²) in [5.74, 6) is 0. The molecule has 1 N–H and O–H groups in total. The van der Waals surface area contributed by atoms with Crippen molar-refractivity contribution in [2.75, 3.05) is 6.54 Å². The van der Waals surface area contributed by atoms with Crippen molar-refractivity contribution in [3.63, 3.8) is 0 Å². The Kier molecular flexibility index (Phi) is 2.46. The summed E-state index contributed by atoms with van der Waals surface area (Å²) in [4.78, 5) is 0. The molecule has 1 atom stereocenters. The van der Waals surface area contributed by atoms with Crippen molar-refractivity contribution < 1.29 is 0 Å². The predicted octanol–water partition coefficient (Wildman–Crippen LogP) is 2.45. The Morgan fingerprint density at radius 1 is 1.31 bits per heavy atom. The molecular formula is C12H15N. The second-order valence-electron chi connectivity index (χ2n) is 3.54. The third-order valence-corrected chi connectivity index (χ3v) is 2.63. The van der Waals surface area contributed by atoms with Crippen LogP contribution in [-0.4, -0.2) is 12.6 Å². The number of nitrogens with one attached hydrogen (secondary N) is 1. The molecule has 1 heterocycles. The Bertz CT molecular complexity index is 283. The van der Waals surface area contributed by atoms with E-state index in [1.165, 1.54) is 24.0 Å². The van der Waals surface area contributed by atoms with Crippen LogP contribution >= 0.6 is 0 Å². The molecule has 1 aliphatic heterocycles. The third-order valence-electron chi connectivity index (χ3n) is 2.63. The van der Waals surface area contributed by atoms with Gasteiger partial charge < -0.3 is 5.32 Å². The van der Waals surface area contributed by atoms with Crippen molar-refractivity contribution in [3.05, 3.63) is 42.5 Å². The lowest BCUT2D eigenvalue weighted by Crippen LogP contribution is -2.22. The zero-order valence-electron chi connectivity index (χ0n) is 7.79. The first-order valence-corrected chi connectivity index (χ1v) is 4.85. The molecule has 0 radical (unpaired) electrons. The highest BCUT2D eigenvalue weighted by molar-refractivity contribution is 5.67. The van der Waals surface area contributed by atoms with Crippen LogP contribution < -0.4 is 5.32 Å². The van der Waals surface area contributed by atoms with Gasteiger partial charge in [0.2, 0.25) is 0 Å². The molecule has 0 bridgehead atoms. The zero-order chi connectivity index (χ0) is 9.10. The summed E-state index contributed by atoms with van der Waals surface area (Å²) < 4.78 is 0. The standard InChI is InChI=1S/C12H15N/c1-10(12-8-5-9-13-12)11-6-3-2-4-7-11/h2-4,6-7,12-13H,1,5,8-9H2/t12-/m1/s1. The van der Waals surface area contributed by atoms with Gasteiger partial charge in [-0.05, 0) is 30.5 Å². The molecule has 1 heteroatoms. The second kappa shape index (κ2) is 3.75. The number of hydrogen-bond acceptors (Lipinski definition) is 1. The molecule has 1 aromatic carbocycles. The van der Waals surface area contributed by atoms with Gasteiger partial charge in [-0.3, -0.25) is 0 Å². The lowest BCUT2D eigenvalue weighted by Gasteiger charge is -2.13. The molecule has 0 unspecified atom stereocenters. The topological polar surface area (TPSA) is 12.0 Å². The van der Waals surface area contributed by atoms with Crippen LogP contribution in [-0.2, 0) is 0 Å². The van der Waals surface area contributed by atoms with Gasteiger partial charge in [0.25, 0.3) is 0 Å². The largest absolute Gasteiger partial charge is 0.310 e. The van der Waals surface area contributed by atoms with Crippen LogP contribution in [0.5, 0.6) is 0 Å². The van der Waals surface area contributed by atoms with Gasteiger partial charge in [0.1, 0.15) is 0 Å². The van der Waals surface area contributed by atoms with Crippen molar-refractivity contribution in [3.8, 4) is 0 Å². The Morgan fingerprint density at radius 3 is 2.69 bits per heavy atom. The molecule has 0 saturated carbocycles. The minimum Gasteiger partial charge on any atom is -0.310 e. The van der Waals surface area contributed by atoms with E-state index < -0.39 is 0 Å². The SMILES string of the molecule is C=C(c1ccccc1)[C@H]1CCCN1. The van der Waals surface area contributed by atoms with E-state index in [4.69, 9.17) is 0 Å². The lowest BCUT2D eigenvalue weighted by atomic mass is 9.99. The van der Waals surface area contributed by atoms with E-state index in [2.05, 4.69) is 36.2 Å². The molecule has 2 rings (SSSR count). The highest BCUT2D eigenvalue weighted by Gasteiger charge is 2.17. The van der Waals surface area contributed by atoms with E-state index in [1.54, 1.807) is 0 Å². The fourth-order valence-corrected chi connectivity index (χ4v) is 1.84. The molecule has 1 fully saturated rings. The van der Waals surface area contributed by atoms with Gasteiger partial charge in [-0.2, -0.15) is 0 Å². The zero-order valence-corrected chi connectivity index (χ0v) is 7.79. The predicted molar refractivity (Wildman–Crippen MR) is 56.5 cm³/mol. The smallest absolute Gasteiger partial charge is 0.0320 e. The van der Waals surface area contributed by atoms with Crippen LogP contribution in [0.1, 0.15) is 18.4 Å². The Morgan fingerprint density at radius 2 is 2.08 bits per heavy atom. The maximum atomic E-state index is 4.14. The van der Waals surface area contributed by atoms with Crippen LogP contribution in [0.25, 0.3) is 5.57 Å². The molecule has 1 aliphatic rings. The van der Waals surface area contributed by atoms with Crippen molar-refractivity contribution in [1.29, 1.82) is 0 Å². The van der Waals surface area contributed by atoms with E-state index in [0.717, 1.165) is 6.54 Å². The first-order chi connectivity index (χ1) is 6.38. The van der Waals surface area contributed by atoms with Crippen molar-refractivity contribution in [1.82, 2.24) is 5.32 Å². The summed E-state index contributed by atoms with van der Waals surface area (Å²) >= 11 is 0. The number of hydrogen-bond donors (Lipinski definition) is 1. The molecule has 0 aromatic heterocycles. The molecule has 1 saturated heterocycles. The minimum atomic E-state index is 0.502. The van der Waals surface area contributed by atoms with Gasteiger partial charge >= 0.3 is 0 Å². The summed E-state index contributed by atoms with van der Waals surface area (Å²) in [6, 6.07) is 10.9. The lowest BCUT2D eigenvalue weighted by molar-refractivity contribution is 0.745. The fraction of sp³-hybridized carbons (Fsp3) is 0.333. The summed E-state index contributed by atoms with van der Waals surface area (Å²) in [6.07, 6.45) is 2.50. The van der Waals surface area contributed by atoms with Gasteiger partial charge in [0.15, 0.2) is 0 Å². The summed E-state index contributed by atoms with van der Waals surface area (Å²) in [5.41, 5.74) is 2.50. The van der Waals surface area contributed by atoms with Crippen LogP contribution in [0.15, 0.2) is 36.9 Å². The molecule has 1 aromatic rings. The maximum Gasteiger partial charge on any atom is 0.0320 e. The normalized spacial score (nSPS) is 21.7. The third kappa shape index (κ3) is 1.81. The van der Waals surface area contributed by atoms with Gasteiger partial charge in [-0.15, -0.1) is 0 Å². The van der Waals surface area contributed by atoms with Gasteiger partial charge in [0, 0.05) is 6.04 Å². The van der Waals surface area contributed by atoms with Crippen LogP contribution in [0.3, 0.4) is 0 Å². The molecular weight excluding hydrogens is 158 g/mol. The molecule has 0 aliphatic carbocycles. The fourth-order valence-electron chi connectivity index (χ4n) is 1.84. The Labute approximate surface area is 79.5 Å². The van der Waals surface area contributed by atoms with E-state index in [9.17, 15) is 0 Å². The first kappa shape index (κ1) is 8.52. The number of benzene rings is 1. The van der Waals surface area contributed by atoms with E-state index in [1.807, 2.05) is 6.07 Å². The number of rotatable bonds is 2. The average Bonchev–Trinajstić information content (AvgIpc) is 2.71. The minimum absolute atomic E-state index is 0.502. The van der Waals surface area contributed by atoms with Crippen LogP contribution in [0, 0.1) is 0 Å². The van der Waals surface area contributed by atoms with E-state index >= 15 is 0 Å².